The van der Waals surface area contributed by atoms with Gasteiger partial charge >= 0.3 is 11.9 Å². The normalized spacial score (nSPS) is 17.0. The van der Waals surface area contributed by atoms with Gasteiger partial charge in [0.1, 0.15) is 17.1 Å². The highest BCUT2D eigenvalue weighted by atomic mass is 19.4. The van der Waals surface area contributed by atoms with Gasteiger partial charge in [-0.15, -0.1) is 0 Å². The Morgan fingerprint density at radius 2 is 1.77 bits per heavy atom. The fourth-order valence-corrected chi connectivity index (χ4v) is 3.90. The van der Waals surface area contributed by atoms with Gasteiger partial charge in [0, 0.05) is 5.56 Å². The quantitative estimate of drug-likeness (QED) is 0.520. The fourth-order valence-electron chi connectivity index (χ4n) is 3.90. The maximum absolute atomic E-state index is 14.6. The number of carbonyl (C=O) groups is 2. The second kappa shape index (κ2) is 8.15. The van der Waals surface area contributed by atoms with Crippen LogP contribution in [-0.4, -0.2) is 34.7 Å². The fraction of sp³-hybridized carbons (Fsp3) is 0.217. The van der Waals surface area contributed by atoms with Crippen molar-refractivity contribution in [1.82, 2.24) is 14.9 Å². The number of anilines is 1. The highest BCUT2D eigenvalue weighted by Crippen LogP contribution is 2.45. The number of aromatic nitrogens is 2. The third-order valence-electron chi connectivity index (χ3n) is 5.87. The highest BCUT2D eigenvalue weighted by Gasteiger charge is 2.68. The summed E-state index contributed by atoms with van der Waals surface area (Å²) < 4.78 is 49.4. The summed E-state index contributed by atoms with van der Waals surface area (Å²) in [6, 6.07) is 9.85. The van der Waals surface area contributed by atoms with Gasteiger partial charge in [0.2, 0.25) is 0 Å². The van der Waals surface area contributed by atoms with E-state index in [1.165, 1.54) is 43.5 Å². The van der Waals surface area contributed by atoms with E-state index in [2.05, 4.69) is 0 Å². The van der Waals surface area contributed by atoms with Crippen molar-refractivity contribution in [2.45, 2.75) is 25.6 Å². The van der Waals surface area contributed by atoms with Crippen molar-refractivity contribution in [1.29, 1.82) is 0 Å². The Balaban J connectivity index is 1.96. The van der Waals surface area contributed by atoms with Crippen LogP contribution in [-0.2, 0) is 10.3 Å². The Bertz CT molecular complexity index is 1490. The van der Waals surface area contributed by atoms with E-state index >= 15 is 0 Å². The molecule has 0 fully saturated rings. The second-order valence-electron chi connectivity index (χ2n) is 7.97. The number of hydrogen-bond acceptors (Lipinski definition) is 5. The molecule has 2 aromatic carbocycles. The molecule has 0 saturated heterocycles. The van der Waals surface area contributed by atoms with Gasteiger partial charge in [-0.1, -0.05) is 12.1 Å². The topological polar surface area (TPSA) is 122 Å². The number of aromatic amines is 1. The predicted molar refractivity (Wildman–Crippen MR) is 119 cm³/mol. The Hall–Kier alpha value is -4.35. The minimum atomic E-state index is -5.45. The summed E-state index contributed by atoms with van der Waals surface area (Å²) in [4.78, 5) is 53.0. The van der Waals surface area contributed by atoms with E-state index in [1.807, 2.05) is 10.3 Å². The Morgan fingerprint density at radius 3 is 2.40 bits per heavy atom. The number of methoxy groups -OCH3 is 1. The molecule has 182 valence electrons. The number of aryl methyl sites for hydroxylation is 2. The SMILES string of the molecule is COc1cccc(C(=O)N[C@]2(C(F)(F)F)C(=O)Nc3c2c(=O)[nH]c(=O)n3-c2ccc(C)c(C)c2)c1. The summed E-state index contributed by atoms with van der Waals surface area (Å²) in [5, 5.41) is 3.70. The van der Waals surface area contributed by atoms with E-state index in [-0.39, 0.29) is 17.0 Å². The maximum Gasteiger partial charge on any atom is 0.425 e. The standard InChI is InChI=1S/C23H19F3N4O5/c1-11-7-8-14(9-12(11)2)30-17-16(19(32)28-21(30)34)22(20(33)27-17,23(24,25)26)29-18(31)13-5-4-6-15(10-13)35-3/h4-10H,1-3H3,(H,27,33)(H,29,31)(H,28,32,34)/t22-/m0/s1. The number of H-pyrrole nitrogens is 1. The number of nitrogens with one attached hydrogen (secondary N) is 3. The van der Waals surface area contributed by atoms with E-state index in [0.717, 1.165) is 10.1 Å². The average molecular weight is 488 g/mol. The molecule has 1 aromatic heterocycles. The first-order valence-electron chi connectivity index (χ1n) is 10.2. The summed E-state index contributed by atoms with van der Waals surface area (Å²) in [6.45, 7) is 3.52. The lowest BCUT2D eigenvalue weighted by Crippen LogP contribution is -2.62. The largest absolute Gasteiger partial charge is 0.497 e. The molecule has 3 aromatic rings. The lowest BCUT2D eigenvalue weighted by Gasteiger charge is -2.30. The molecule has 4 rings (SSSR count). The minimum absolute atomic E-state index is 0.114. The molecule has 3 N–H and O–H groups in total. The molecular formula is C23H19F3N4O5. The van der Waals surface area contributed by atoms with Crippen LogP contribution in [0, 0.1) is 13.8 Å². The van der Waals surface area contributed by atoms with Gasteiger partial charge in [-0.05, 0) is 55.3 Å². The van der Waals surface area contributed by atoms with Gasteiger partial charge in [-0.3, -0.25) is 19.4 Å². The van der Waals surface area contributed by atoms with Crippen LogP contribution in [0.15, 0.2) is 52.1 Å². The van der Waals surface area contributed by atoms with Crippen molar-refractivity contribution in [3.05, 3.63) is 85.6 Å². The van der Waals surface area contributed by atoms with Crippen molar-refractivity contribution in [3.8, 4) is 11.4 Å². The van der Waals surface area contributed by atoms with Crippen molar-refractivity contribution in [2.75, 3.05) is 12.4 Å². The maximum atomic E-state index is 14.6. The number of nitrogens with zero attached hydrogens (tertiary/aromatic N) is 1. The van der Waals surface area contributed by atoms with Crippen LogP contribution >= 0.6 is 0 Å². The summed E-state index contributed by atoms with van der Waals surface area (Å²) >= 11 is 0. The summed E-state index contributed by atoms with van der Waals surface area (Å²) in [6.07, 6.45) is -5.45. The van der Waals surface area contributed by atoms with E-state index in [4.69, 9.17) is 4.74 Å². The highest BCUT2D eigenvalue weighted by molar-refractivity contribution is 6.09. The molecular weight excluding hydrogens is 469 g/mol. The number of alkyl halides is 3. The Morgan fingerprint density at radius 1 is 1.06 bits per heavy atom. The molecule has 0 saturated carbocycles. The van der Waals surface area contributed by atoms with Gasteiger partial charge in [-0.2, -0.15) is 13.2 Å². The molecule has 1 atom stereocenters. The van der Waals surface area contributed by atoms with Crippen molar-refractivity contribution in [2.24, 2.45) is 0 Å². The molecule has 0 spiro atoms. The summed E-state index contributed by atoms with van der Waals surface area (Å²) in [5.41, 5.74) is -6.00. The van der Waals surface area contributed by atoms with Gasteiger partial charge in [0.15, 0.2) is 0 Å². The molecule has 12 heteroatoms. The van der Waals surface area contributed by atoms with Crippen molar-refractivity contribution in [3.63, 3.8) is 0 Å². The predicted octanol–water partition coefficient (Wildman–Crippen LogP) is 2.29. The lowest BCUT2D eigenvalue weighted by atomic mass is 9.91. The summed E-state index contributed by atoms with van der Waals surface area (Å²) in [5.74, 6) is -3.51. The number of rotatable bonds is 4. The lowest BCUT2D eigenvalue weighted by molar-refractivity contribution is -0.196. The van der Waals surface area contributed by atoms with E-state index in [0.29, 0.717) is 5.56 Å². The molecule has 9 nitrogen and oxygen atoms in total. The Kier molecular flexibility index (Phi) is 5.54. The molecule has 2 heterocycles. The van der Waals surface area contributed by atoms with Crippen LogP contribution in [0.2, 0.25) is 0 Å². The first-order valence-corrected chi connectivity index (χ1v) is 10.2. The van der Waals surface area contributed by atoms with Gasteiger partial charge < -0.3 is 15.4 Å². The number of carbonyl (C=O) groups excluding carboxylic acids is 2. The van der Waals surface area contributed by atoms with E-state index < -0.39 is 46.2 Å². The first kappa shape index (κ1) is 23.8. The molecule has 35 heavy (non-hydrogen) atoms. The zero-order chi connectivity index (χ0) is 25.7. The first-order chi connectivity index (χ1) is 16.4. The zero-order valence-corrected chi connectivity index (χ0v) is 18.7. The molecule has 0 radical (unpaired) electrons. The third kappa shape index (κ3) is 3.66. The minimum Gasteiger partial charge on any atom is -0.497 e. The second-order valence-corrected chi connectivity index (χ2v) is 7.97. The number of fused-ring (bicyclic) bond motifs is 1. The van der Waals surface area contributed by atoms with Gasteiger partial charge in [0.05, 0.1) is 12.8 Å². The third-order valence-corrected chi connectivity index (χ3v) is 5.87. The van der Waals surface area contributed by atoms with Crippen molar-refractivity contribution < 1.29 is 27.5 Å². The Labute approximate surface area is 195 Å². The summed E-state index contributed by atoms with van der Waals surface area (Å²) in [7, 11) is 1.31. The molecule has 0 bridgehead atoms. The average Bonchev–Trinajstić information content (AvgIpc) is 3.09. The van der Waals surface area contributed by atoms with Crippen LogP contribution in [0.4, 0.5) is 19.0 Å². The number of halogens is 3. The van der Waals surface area contributed by atoms with E-state index in [9.17, 15) is 32.3 Å². The van der Waals surface area contributed by atoms with Crippen LogP contribution in [0.3, 0.4) is 0 Å². The van der Waals surface area contributed by atoms with Crippen molar-refractivity contribution >= 4 is 17.6 Å². The van der Waals surface area contributed by atoms with E-state index in [1.54, 1.807) is 25.2 Å². The molecule has 2 amide bonds. The molecule has 1 aliphatic heterocycles. The smallest absolute Gasteiger partial charge is 0.425 e. The van der Waals surface area contributed by atoms with Crippen LogP contribution in [0.5, 0.6) is 5.75 Å². The molecule has 0 aliphatic carbocycles. The molecule has 1 aliphatic rings. The monoisotopic (exact) mass is 488 g/mol. The van der Waals surface area contributed by atoms with Gasteiger partial charge in [0.25, 0.3) is 22.9 Å². The number of ether oxygens (including phenoxy) is 1. The van der Waals surface area contributed by atoms with Crippen LogP contribution < -0.4 is 26.6 Å². The van der Waals surface area contributed by atoms with Crippen LogP contribution in [0.25, 0.3) is 5.69 Å². The van der Waals surface area contributed by atoms with Gasteiger partial charge in [-0.25, -0.2) is 9.36 Å². The number of hydrogen-bond donors (Lipinski definition) is 3. The molecule has 0 unspecified atom stereocenters. The number of amides is 2. The number of benzene rings is 2. The van der Waals surface area contributed by atoms with Crippen LogP contribution in [0.1, 0.15) is 27.0 Å². The zero-order valence-electron chi connectivity index (χ0n) is 18.7.